The maximum atomic E-state index is 12.5. The van der Waals surface area contributed by atoms with Crippen LogP contribution in [0.1, 0.15) is 10.7 Å². The Balaban J connectivity index is 1.53. The van der Waals surface area contributed by atoms with Crippen molar-refractivity contribution in [1.82, 2.24) is 10.3 Å². The monoisotopic (exact) mass is 437 g/mol. The van der Waals surface area contributed by atoms with Gasteiger partial charge in [-0.2, -0.15) is 0 Å². The van der Waals surface area contributed by atoms with Crippen molar-refractivity contribution in [2.75, 3.05) is 18.0 Å². The van der Waals surface area contributed by atoms with Gasteiger partial charge in [0.15, 0.2) is 6.61 Å². The van der Waals surface area contributed by atoms with Gasteiger partial charge in [-0.25, -0.2) is 13.4 Å². The van der Waals surface area contributed by atoms with E-state index in [4.69, 9.17) is 4.74 Å². The number of amides is 1. The molecule has 0 atom stereocenters. The van der Waals surface area contributed by atoms with Crippen LogP contribution in [0.3, 0.4) is 0 Å². The number of hydrogen-bond donors (Lipinski definition) is 1. The lowest BCUT2D eigenvalue weighted by Crippen LogP contribution is -2.28. The number of anilines is 1. The van der Waals surface area contributed by atoms with Crippen LogP contribution in [0.2, 0.25) is 0 Å². The minimum absolute atomic E-state index is 0.132. The van der Waals surface area contributed by atoms with Gasteiger partial charge in [-0.15, -0.1) is 22.7 Å². The van der Waals surface area contributed by atoms with E-state index in [1.54, 1.807) is 41.8 Å². The van der Waals surface area contributed by atoms with Crippen LogP contribution in [0, 0.1) is 6.92 Å². The number of thiophene rings is 1. The van der Waals surface area contributed by atoms with E-state index in [1.807, 2.05) is 12.3 Å². The van der Waals surface area contributed by atoms with Gasteiger partial charge < -0.3 is 10.1 Å². The molecule has 2 heterocycles. The van der Waals surface area contributed by atoms with Crippen molar-refractivity contribution in [3.05, 3.63) is 57.9 Å². The van der Waals surface area contributed by atoms with Crippen LogP contribution in [0.25, 0.3) is 0 Å². The number of rotatable bonds is 8. The molecule has 0 aliphatic carbocycles. The largest absolute Gasteiger partial charge is 0.484 e. The van der Waals surface area contributed by atoms with Crippen molar-refractivity contribution in [3.63, 3.8) is 0 Å². The second-order valence-electron chi connectivity index (χ2n) is 5.85. The summed E-state index contributed by atoms with van der Waals surface area (Å²) < 4.78 is 32.0. The summed E-state index contributed by atoms with van der Waals surface area (Å²) >= 11 is 2.66. The Hall–Kier alpha value is -2.43. The fraction of sp³-hybridized carbons (Fsp3) is 0.222. The number of aryl methyl sites for hydroxylation is 1. The first kappa shape index (κ1) is 20.3. The molecule has 10 heteroatoms. The van der Waals surface area contributed by atoms with Crippen molar-refractivity contribution in [2.24, 2.45) is 0 Å². The summed E-state index contributed by atoms with van der Waals surface area (Å²) in [7, 11) is -2.08. The average Bonchev–Trinajstić information content (AvgIpc) is 3.36. The maximum absolute atomic E-state index is 12.5. The van der Waals surface area contributed by atoms with Crippen LogP contribution in [0.5, 0.6) is 5.75 Å². The second kappa shape index (κ2) is 8.72. The molecule has 0 bridgehead atoms. The first-order valence-corrected chi connectivity index (χ1v) is 11.5. The summed E-state index contributed by atoms with van der Waals surface area (Å²) in [6, 6.07) is 9.80. The highest BCUT2D eigenvalue weighted by Gasteiger charge is 2.22. The van der Waals surface area contributed by atoms with E-state index in [0.717, 1.165) is 10.7 Å². The molecule has 0 saturated carbocycles. The molecule has 0 fully saturated rings. The molecule has 3 aromatic rings. The van der Waals surface area contributed by atoms with Crippen LogP contribution >= 0.6 is 22.7 Å². The Morgan fingerprint density at radius 1 is 1.21 bits per heavy atom. The van der Waals surface area contributed by atoms with E-state index < -0.39 is 10.0 Å². The zero-order chi connectivity index (χ0) is 20.1. The molecule has 7 nitrogen and oxygen atoms in total. The fourth-order valence-corrected chi connectivity index (χ4v) is 5.36. The highest BCUT2D eigenvalue weighted by Crippen LogP contribution is 2.26. The number of nitrogens with zero attached hydrogens (tertiary/aromatic N) is 2. The Morgan fingerprint density at radius 3 is 2.57 bits per heavy atom. The van der Waals surface area contributed by atoms with E-state index >= 15 is 0 Å². The third kappa shape index (κ3) is 4.89. The van der Waals surface area contributed by atoms with Crippen molar-refractivity contribution >= 4 is 44.3 Å². The van der Waals surface area contributed by atoms with Crippen LogP contribution in [0.15, 0.2) is 51.4 Å². The summed E-state index contributed by atoms with van der Waals surface area (Å²) in [4.78, 5) is 16.2. The van der Waals surface area contributed by atoms with Gasteiger partial charge in [0.25, 0.3) is 15.9 Å². The molecule has 0 unspecified atom stereocenters. The first-order chi connectivity index (χ1) is 13.4. The molecular formula is C18H19N3O4S3. The molecule has 1 amide bonds. The highest BCUT2D eigenvalue weighted by atomic mass is 32.2. The number of aromatic nitrogens is 1. The molecule has 0 aliphatic rings. The van der Waals surface area contributed by atoms with Gasteiger partial charge in [-0.05, 0) is 42.6 Å². The number of carbonyl (C=O) groups excluding carboxylic acids is 1. The van der Waals surface area contributed by atoms with Gasteiger partial charge in [-0.3, -0.25) is 9.10 Å². The number of sulfonamides is 1. The summed E-state index contributed by atoms with van der Waals surface area (Å²) in [5.74, 6) is 0.222. The summed E-state index contributed by atoms with van der Waals surface area (Å²) in [5.41, 5.74) is 1.43. The normalized spacial score (nSPS) is 11.2. The summed E-state index contributed by atoms with van der Waals surface area (Å²) in [6.07, 6.45) is 0. The molecule has 2 aromatic heterocycles. The van der Waals surface area contributed by atoms with Crippen molar-refractivity contribution in [3.8, 4) is 5.75 Å². The Labute approximate surface area is 171 Å². The van der Waals surface area contributed by atoms with E-state index in [9.17, 15) is 13.2 Å². The number of nitrogens with one attached hydrogen (secondary N) is 1. The molecule has 0 spiro atoms. The van der Waals surface area contributed by atoms with Gasteiger partial charge in [0.2, 0.25) is 0 Å². The first-order valence-electron chi connectivity index (χ1n) is 8.29. The van der Waals surface area contributed by atoms with Gasteiger partial charge in [0.1, 0.15) is 15.0 Å². The van der Waals surface area contributed by atoms with E-state index in [0.29, 0.717) is 18.0 Å². The molecule has 1 aromatic carbocycles. The molecule has 3 rings (SSSR count). The summed E-state index contributed by atoms with van der Waals surface area (Å²) in [5, 5.41) is 7.23. The predicted octanol–water partition coefficient (Wildman–Crippen LogP) is 3.03. The fourth-order valence-electron chi connectivity index (χ4n) is 2.29. The third-order valence-electron chi connectivity index (χ3n) is 3.78. The molecule has 0 aliphatic heterocycles. The average molecular weight is 438 g/mol. The standard InChI is InChI=1S/C18H19N3O4S3/c1-13-12-27-17(20-13)10-19-16(22)11-25-15-7-5-14(6-8-15)21(2)28(23,24)18-4-3-9-26-18/h3-9,12H,10-11H2,1-2H3,(H,19,22). The van der Waals surface area contributed by atoms with Crippen molar-refractivity contribution in [1.29, 1.82) is 0 Å². The van der Waals surface area contributed by atoms with Gasteiger partial charge in [0, 0.05) is 18.1 Å². The van der Waals surface area contributed by atoms with Crippen LogP contribution in [0.4, 0.5) is 5.69 Å². The molecular weight excluding hydrogens is 418 g/mol. The number of ether oxygens (including phenoxy) is 1. The van der Waals surface area contributed by atoms with Gasteiger partial charge in [-0.1, -0.05) is 6.07 Å². The van der Waals surface area contributed by atoms with Gasteiger partial charge >= 0.3 is 0 Å². The molecule has 1 N–H and O–H groups in total. The third-order valence-corrected chi connectivity index (χ3v) is 7.91. The number of thiazole rings is 1. The van der Waals surface area contributed by atoms with Crippen molar-refractivity contribution < 1.29 is 17.9 Å². The van der Waals surface area contributed by atoms with Crippen molar-refractivity contribution in [2.45, 2.75) is 17.7 Å². The highest BCUT2D eigenvalue weighted by molar-refractivity contribution is 7.94. The van der Waals surface area contributed by atoms with Crippen LogP contribution < -0.4 is 14.4 Å². The Kier molecular flexibility index (Phi) is 6.32. The lowest BCUT2D eigenvalue weighted by Gasteiger charge is -2.18. The molecule has 0 saturated heterocycles. The molecule has 0 radical (unpaired) electrons. The van der Waals surface area contributed by atoms with E-state index in [2.05, 4.69) is 10.3 Å². The zero-order valence-electron chi connectivity index (χ0n) is 15.3. The van der Waals surface area contributed by atoms with Crippen LogP contribution in [-0.2, 0) is 21.4 Å². The summed E-state index contributed by atoms with van der Waals surface area (Å²) in [6.45, 7) is 2.13. The Bertz CT molecular complexity index is 1030. The van der Waals surface area contributed by atoms with Gasteiger partial charge in [0.05, 0.1) is 12.2 Å². The lowest BCUT2D eigenvalue weighted by atomic mass is 10.3. The van der Waals surface area contributed by atoms with E-state index in [-0.39, 0.29) is 16.7 Å². The molecule has 28 heavy (non-hydrogen) atoms. The SMILES string of the molecule is Cc1csc(CNC(=O)COc2ccc(N(C)S(=O)(=O)c3cccs3)cc2)n1. The van der Waals surface area contributed by atoms with Crippen LogP contribution in [-0.4, -0.2) is 33.0 Å². The maximum Gasteiger partial charge on any atom is 0.273 e. The molecule has 148 valence electrons. The predicted molar refractivity (Wildman–Crippen MR) is 111 cm³/mol. The minimum atomic E-state index is -3.58. The quantitative estimate of drug-likeness (QED) is 0.585. The number of hydrogen-bond acceptors (Lipinski definition) is 7. The Morgan fingerprint density at radius 2 is 1.96 bits per heavy atom. The topological polar surface area (TPSA) is 88.6 Å². The number of benzene rings is 1. The second-order valence-corrected chi connectivity index (χ2v) is 9.93. The van der Waals surface area contributed by atoms with E-state index in [1.165, 1.54) is 34.0 Å². The number of carbonyl (C=O) groups is 1. The zero-order valence-corrected chi connectivity index (χ0v) is 17.7. The minimum Gasteiger partial charge on any atom is -0.484 e. The smallest absolute Gasteiger partial charge is 0.273 e. The lowest BCUT2D eigenvalue weighted by molar-refractivity contribution is -0.123.